The van der Waals surface area contributed by atoms with Gasteiger partial charge in [-0.15, -0.1) is 0 Å². The fraction of sp³-hybridized carbons (Fsp3) is 0.526. The number of nitrogens with zero attached hydrogens (tertiary/aromatic N) is 1. The SMILES string of the molecule is CNC(=O)[C@H]1CN(C(=O)CCCNC(=O)OC(C)(C)C)c2ccccc2O1. The van der Waals surface area contributed by atoms with Crippen molar-refractivity contribution in [3.05, 3.63) is 24.3 Å². The molecule has 2 rings (SSSR count). The molecule has 0 aromatic heterocycles. The highest BCUT2D eigenvalue weighted by molar-refractivity contribution is 5.97. The number of anilines is 1. The van der Waals surface area contributed by atoms with Gasteiger partial charge in [0.25, 0.3) is 5.91 Å². The maximum absolute atomic E-state index is 12.7. The second-order valence-electron chi connectivity index (χ2n) is 7.23. The van der Waals surface area contributed by atoms with E-state index in [1.807, 2.05) is 6.07 Å². The van der Waals surface area contributed by atoms with E-state index in [9.17, 15) is 14.4 Å². The number of ether oxygens (including phenoxy) is 2. The van der Waals surface area contributed by atoms with E-state index in [2.05, 4.69) is 10.6 Å². The van der Waals surface area contributed by atoms with E-state index in [1.165, 1.54) is 7.05 Å². The van der Waals surface area contributed by atoms with Crippen LogP contribution in [0.3, 0.4) is 0 Å². The van der Waals surface area contributed by atoms with Gasteiger partial charge in [0.05, 0.1) is 12.2 Å². The van der Waals surface area contributed by atoms with Crippen LogP contribution in [0.4, 0.5) is 10.5 Å². The number of likely N-dealkylation sites (N-methyl/N-ethyl adjacent to an activating group) is 1. The summed E-state index contributed by atoms with van der Waals surface area (Å²) in [5.41, 5.74) is 0.0782. The average Bonchev–Trinajstić information content (AvgIpc) is 2.62. The van der Waals surface area contributed by atoms with Crippen molar-refractivity contribution in [2.75, 3.05) is 25.0 Å². The molecule has 0 aliphatic carbocycles. The highest BCUT2D eigenvalue weighted by atomic mass is 16.6. The van der Waals surface area contributed by atoms with E-state index in [0.717, 1.165) is 0 Å². The highest BCUT2D eigenvalue weighted by Gasteiger charge is 2.32. The normalized spacial score (nSPS) is 16.0. The molecule has 1 aromatic carbocycles. The average molecular weight is 377 g/mol. The predicted molar refractivity (Wildman–Crippen MR) is 101 cm³/mol. The van der Waals surface area contributed by atoms with Crippen LogP contribution in [0.1, 0.15) is 33.6 Å². The summed E-state index contributed by atoms with van der Waals surface area (Å²) in [6.07, 6.45) is -0.576. The number of carbonyl (C=O) groups is 3. The first kappa shape index (κ1) is 20.5. The lowest BCUT2D eigenvalue weighted by atomic mass is 10.1. The molecule has 1 heterocycles. The van der Waals surface area contributed by atoms with Crippen LogP contribution >= 0.6 is 0 Å². The number of hydrogen-bond donors (Lipinski definition) is 2. The fourth-order valence-corrected chi connectivity index (χ4v) is 2.65. The maximum Gasteiger partial charge on any atom is 0.407 e. The summed E-state index contributed by atoms with van der Waals surface area (Å²) >= 11 is 0. The molecule has 27 heavy (non-hydrogen) atoms. The summed E-state index contributed by atoms with van der Waals surface area (Å²) in [4.78, 5) is 37.8. The Kier molecular flexibility index (Phi) is 6.65. The quantitative estimate of drug-likeness (QED) is 0.763. The summed E-state index contributed by atoms with van der Waals surface area (Å²) in [5.74, 6) is 0.0807. The van der Waals surface area contributed by atoms with Gasteiger partial charge < -0.3 is 25.0 Å². The van der Waals surface area contributed by atoms with Gasteiger partial charge in [-0.2, -0.15) is 0 Å². The lowest BCUT2D eigenvalue weighted by Gasteiger charge is -2.34. The molecule has 1 aliphatic heterocycles. The second kappa shape index (κ2) is 8.75. The summed E-state index contributed by atoms with van der Waals surface area (Å²) in [6, 6.07) is 7.12. The third kappa shape index (κ3) is 5.87. The summed E-state index contributed by atoms with van der Waals surface area (Å²) in [5, 5.41) is 5.18. The zero-order valence-electron chi connectivity index (χ0n) is 16.2. The standard InChI is InChI=1S/C19H27N3O5/c1-19(2,3)27-18(25)21-11-7-10-16(23)22-12-15(17(24)20-4)26-14-9-6-5-8-13(14)22/h5-6,8-9,15H,7,10-12H2,1-4H3,(H,20,24)(H,21,25)/t15-/m1/s1. The molecule has 1 aromatic rings. The van der Waals surface area contributed by atoms with Crippen LogP contribution in [0.15, 0.2) is 24.3 Å². The lowest BCUT2D eigenvalue weighted by Crippen LogP contribution is -2.50. The summed E-state index contributed by atoms with van der Waals surface area (Å²) in [6.45, 7) is 5.83. The van der Waals surface area contributed by atoms with Gasteiger partial charge >= 0.3 is 6.09 Å². The number of alkyl carbamates (subject to hydrolysis) is 1. The van der Waals surface area contributed by atoms with Gasteiger partial charge in [0.1, 0.15) is 11.4 Å². The van der Waals surface area contributed by atoms with Gasteiger partial charge in [-0.05, 0) is 39.3 Å². The fourth-order valence-electron chi connectivity index (χ4n) is 2.65. The van der Waals surface area contributed by atoms with Crippen LogP contribution in [0.5, 0.6) is 5.75 Å². The van der Waals surface area contributed by atoms with E-state index in [0.29, 0.717) is 24.4 Å². The van der Waals surface area contributed by atoms with Crippen LogP contribution in [0, 0.1) is 0 Å². The molecule has 8 heteroatoms. The molecule has 0 fully saturated rings. The molecule has 148 valence electrons. The Labute approximate surface area is 159 Å². The minimum atomic E-state index is -0.756. The second-order valence-corrected chi connectivity index (χ2v) is 7.23. The zero-order chi connectivity index (χ0) is 20.0. The molecule has 1 aliphatic rings. The predicted octanol–water partition coefficient (Wildman–Crippen LogP) is 1.83. The van der Waals surface area contributed by atoms with Gasteiger partial charge in [-0.1, -0.05) is 12.1 Å². The van der Waals surface area contributed by atoms with E-state index in [1.54, 1.807) is 43.9 Å². The number of nitrogens with one attached hydrogen (secondary N) is 2. The van der Waals surface area contributed by atoms with Crippen molar-refractivity contribution < 1.29 is 23.9 Å². The summed E-state index contributed by atoms with van der Waals surface area (Å²) < 4.78 is 10.8. The molecule has 0 saturated heterocycles. The number of fused-ring (bicyclic) bond motifs is 1. The van der Waals surface area contributed by atoms with Crippen molar-refractivity contribution in [1.29, 1.82) is 0 Å². The monoisotopic (exact) mass is 377 g/mol. The molecule has 3 amide bonds. The van der Waals surface area contributed by atoms with Gasteiger partial charge in [0.2, 0.25) is 5.91 Å². The highest BCUT2D eigenvalue weighted by Crippen LogP contribution is 2.33. The number of benzene rings is 1. The first-order valence-electron chi connectivity index (χ1n) is 8.96. The Hall–Kier alpha value is -2.77. The Balaban J connectivity index is 1.93. The third-order valence-corrected chi connectivity index (χ3v) is 3.85. The van der Waals surface area contributed by atoms with Gasteiger partial charge in [0.15, 0.2) is 6.10 Å². The molecule has 8 nitrogen and oxygen atoms in total. The molecule has 0 bridgehead atoms. The lowest BCUT2D eigenvalue weighted by molar-refractivity contribution is -0.128. The molecular formula is C19H27N3O5. The third-order valence-electron chi connectivity index (χ3n) is 3.85. The van der Waals surface area contributed by atoms with Gasteiger partial charge in [-0.25, -0.2) is 4.79 Å². The molecule has 0 unspecified atom stereocenters. The summed E-state index contributed by atoms with van der Waals surface area (Å²) in [7, 11) is 1.53. The first-order chi connectivity index (χ1) is 12.7. The van der Waals surface area contributed by atoms with Crippen LogP contribution in [-0.4, -0.2) is 49.7 Å². The first-order valence-corrected chi connectivity index (χ1v) is 8.96. The van der Waals surface area contributed by atoms with E-state index < -0.39 is 17.8 Å². The molecule has 0 spiro atoms. The smallest absolute Gasteiger partial charge is 0.407 e. The zero-order valence-corrected chi connectivity index (χ0v) is 16.2. The van der Waals surface area contributed by atoms with E-state index in [-0.39, 0.29) is 24.8 Å². The number of carbonyl (C=O) groups excluding carboxylic acids is 3. The largest absolute Gasteiger partial charge is 0.477 e. The van der Waals surface area contributed by atoms with Gasteiger partial charge in [0, 0.05) is 20.0 Å². The Morgan fingerprint density at radius 2 is 1.96 bits per heavy atom. The van der Waals surface area contributed by atoms with E-state index in [4.69, 9.17) is 9.47 Å². The minimum Gasteiger partial charge on any atom is -0.477 e. The van der Waals surface area contributed by atoms with Crippen LogP contribution in [-0.2, 0) is 14.3 Å². The van der Waals surface area contributed by atoms with Crippen molar-refractivity contribution in [2.24, 2.45) is 0 Å². The van der Waals surface area contributed by atoms with Crippen LogP contribution in [0.2, 0.25) is 0 Å². The van der Waals surface area contributed by atoms with Crippen LogP contribution < -0.4 is 20.3 Å². The van der Waals surface area contributed by atoms with Crippen molar-refractivity contribution in [1.82, 2.24) is 10.6 Å². The number of hydrogen-bond acceptors (Lipinski definition) is 5. The molecule has 0 saturated carbocycles. The molecular weight excluding hydrogens is 350 g/mol. The Morgan fingerprint density at radius 3 is 2.63 bits per heavy atom. The molecule has 0 radical (unpaired) electrons. The van der Waals surface area contributed by atoms with Gasteiger partial charge in [-0.3, -0.25) is 9.59 Å². The van der Waals surface area contributed by atoms with Crippen LogP contribution in [0.25, 0.3) is 0 Å². The Morgan fingerprint density at radius 1 is 1.26 bits per heavy atom. The van der Waals surface area contributed by atoms with Crippen molar-refractivity contribution in [2.45, 2.75) is 45.3 Å². The maximum atomic E-state index is 12.7. The molecule has 2 N–H and O–H groups in total. The topological polar surface area (TPSA) is 97.0 Å². The number of para-hydroxylation sites is 2. The van der Waals surface area contributed by atoms with E-state index >= 15 is 0 Å². The minimum absolute atomic E-state index is 0.134. The number of amides is 3. The molecule has 1 atom stereocenters. The Bertz CT molecular complexity index is 699. The van der Waals surface area contributed by atoms with Crippen molar-refractivity contribution in [3.8, 4) is 5.75 Å². The van der Waals surface area contributed by atoms with Crippen molar-refractivity contribution >= 4 is 23.6 Å². The number of rotatable bonds is 5. The van der Waals surface area contributed by atoms with Crippen molar-refractivity contribution in [3.63, 3.8) is 0 Å².